The van der Waals surface area contributed by atoms with E-state index in [0.29, 0.717) is 6.42 Å². The van der Waals surface area contributed by atoms with Crippen molar-refractivity contribution >= 4 is 17.7 Å². The molecule has 23 heavy (non-hydrogen) atoms. The molecule has 0 aliphatic carbocycles. The fourth-order valence-corrected chi connectivity index (χ4v) is 2.07. The molecule has 0 aromatic heterocycles. The number of methoxy groups -OCH3 is 1. The molecular weight excluding hydrogens is 304 g/mol. The van der Waals surface area contributed by atoms with Crippen molar-refractivity contribution in [3.05, 3.63) is 12.2 Å². The SMILES string of the molecule is CCCC(=O)O[C@H]1C(=O)[C@H](OC/C=C/C(=O)OC)O[C@@H](C)[C@H]1C. The highest BCUT2D eigenvalue weighted by Crippen LogP contribution is 2.26. The van der Waals surface area contributed by atoms with Gasteiger partial charge in [0.15, 0.2) is 6.10 Å². The standard InChI is InChI=1S/C16H24O7/c1-5-7-13(18)23-15-10(2)11(3)22-16(14(15)19)21-9-6-8-12(17)20-4/h6,8,10-11,15-16H,5,7,9H2,1-4H3/b8-6+/t10-,11+,15-,16-/m1/s1. The second-order valence-corrected chi connectivity index (χ2v) is 5.35. The zero-order valence-corrected chi connectivity index (χ0v) is 13.9. The molecule has 1 rings (SSSR count). The van der Waals surface area contributed by atoms with Gasteiger partial charge in [0.25, 0.3) is 0 Å². The lowest BCUT2D eigenvalue weighted by Crippen LogP contribution is -2.52. The van der Waals surface area contributed by atoms with Crippen LogP contribution in [0.15, 0.2) is 12.2 Å². The van der Waals surface area contributed by atoms with Crippen molar-refractivity contribution in [2.24, 2.45) is 5.92 Å². The van der Waals surface area contributed by atoms with E-state index < -0.39 is 30.1 Å². The summed E-state index contributed by atoms with van der Waals surface area (Å²) in [5.41, 5.74) is 0. The Morgan fingerprint density at radius 2 is 2.00 bits per heavy atom. The molecular formula is C16H24O7. The second-order valence-electron chi connectivity index (χ2n) is 5.35. The van der Waals surface area contributed by atoms with Crippen LogP contribution in [0.4, 0.5) is 0 Å². The molecule has 0 amide bonds. The van der Waals surface area contributed by atoms with Gasteiger partial charge in [-0.3, -0.25) is 9.59 Å². The predicted molar refractivity (Wildman–Crippen MR) is 80.4 cm³/mol. The van der Waals surface area contributed by atoms with Gasteiger partial charge in [-0.1, -0.05) is 19.9 Å². The molecule has 4 atom stereocenters. The fraction of sp³-hybridized carbons (Fsp3) is 0.688. The normalized spacial score (nSPS) is 27.9. The summed E-state index contributed by atoms with van der Waals surface area (Å²) in [6.07, 6.45) is 1.22. The van der Waals surface area contributed by atoms with Gasteiger partial charge >= 0.3 is 11.9 Å². The molecule has 1 aliphatic rings. The Morgan fingerprint density at radius 3 is 2.61 bits per heavy atom. The highest BCUT2D eigenvalue weighted by Gasteiger charge is 2.43. The topological polar surface area (TPSA) is 88.1 Å². The molecule has 0 aromatic carbocycles. The van der Waals surface area contributed by atoms with Gasteiger partial charge in [-0.2, -0.15) is 0 Å². The number of hydrogen-bond acceptors (Lipinski definition) is 7. The molecule has 1 aliphatic heterocycles. The van der Waals surface area contributed by atoms with Gasteiger partial charge in [-0.05, 0) is 13.3 Å². The van der Waals surface area contributed by atoms with Crippen LogP contribution < -0.4 is 0 Å². The van der Waals surface area contributed by atoms with Crippen LogP contribution in [0.1, 0.15) is 33.6 Å². The molecule has 0 bridgehead atoms. The fourth-order valence-electron chi connectivity index (χ4n) is 2.07. The van der Waals surface area contributed by atoms with Crippen LogP contribution in [0.3, 0.4) is 0 Å². The van der Waals surface area contributed by atoms with Crippen LogP contribution in [0, 0.1) is 5.92 Å². The van der Waals surface area contributed by atoms with Crippen LogP contribution in [0.5, 0.6) is 0 Å². The van der Waals surface area contributed by atoms with Gasteiger partial charge in [-0.15, -0.1) is 0 Å². The first-order valence-corrected chi connectivity index (χ1v) is 7.65. The quantitative estimate of drug-likeness (QED) is 0.515. The summed E-state index contributed by atoms with van der Waals surface area (Å²) in [4.78, 5) is 35.0. The Hall–Kier alpha value is -1.73. The number of carbonyl (C=O) groups is 3. The third-order valence-electron chi connectivity index (χ3n) is 3.58. The van der Waals surface area contributed by atoms with Gasteiger partial charge in [0.1, 0.15) is 0 Å². The molecule has 0 spiro atoms. The lowest BCUT2D eigenvalue weighted by molar-refractivity contribution is -0.221. The summed E-state index contributed by atoms with van der Waals surface area (Å²) in [7, 11) is 1.26. The smallest absolute Gasteiger partial charge is 0.330 e. The first-order valence-electron chi connectivity index (χ1n) is 7.65. The van der Waals surface area contributed by atoms with Gasteiger partial charge in [0.2, 0.25) is 12.1 Å². The van der Waals surface area contributed by atoms with Crippen molar-refractivity contribution in [3.63, 3.8) is 0 Å². The number of Topliss-reactive ketones (excluding diaryl/α,β-unsaturated/α-hetero) is 1. The minimum Gasteiger partial charge on any atom is -0.466 e. The molecule has 0 N–H and O–H groups in total. The summed E-state index contributed by atoms with van der Waals surface area (Å²) in [6, 6.07) is 0. The van der Waals surface area contributed by atoms with Crippen molar-refractivity contribution in [3.8, 4) is 0 Å². The van der Waals surface area contributed by atoms with Gasteiger partial charge < -0.3 is 18.9 Å². The molecule has 1 saturated heterocycles. The van der Waals surface area contributed by atoms with Crippen LogP contribution >= 0.6 is 0 Å². The van der Waals surface area contributed by atoms with Crippen molar-refractivity contribution in [1.29, 1.82) is 0 Å². The van der Waals surface area contributed by atoms with Crippen molar-refractivity contribution < 1.29 is 33.3 Å². The summed E-state index contributed by atoms with van der Waals surface area (Å²) >= 11 is 0. The maximum absolute atomic E-state index is 12.4. The van der Waals surface area contributed by atoms with Gasteiger partial charge in [0.05, 0.1) is 19.8 Å². The minimum atomic E-state index is -1.12. The predicted octanol–water partition coefficient (Wildman–Crippen LogP) is 1.39. The molecule has 7 heteroatoms. The molecule has 0 radical (unpaired) electrons. The van der Waals surface area contributed by atoms with Crippen LogP contribution in [-0.2, 0) is 33.3 Å². The molecule has 0 saturated carbocycles. The largest absolute Gasteiger partial charge is 0.466 e. The molecule has 1 fully saturated rings. The lowest BCUT2D eigenvalue weighted by atomic mass is 9.92. The number of esters is 2. The van der Waals surface area contributed by atoms with E-state index in [4.69, 9.17) is 14.2 Å². The summed E-state index contributed by atoms with van der Waals surface area (Å²) < 4.78 is 20.5. The zero-order valence-electron chi connectivity index (χ0n) is 13.9. The van der Waals surface area contributed by atoms with Crippen LogP contribution in [0.2, 0.25) is 0 Å². The molecule has 7 nitrogen and oxygen atoms in total. The third-order valence-corrected chi connectivity index (χ3v) is 3.58. The zero-order chi connectivity index (χ0) is 17.4. The van der Waals surface area contributed by atoms with Gasteiger partial charge in [-0.25, -0.2) is 4.79 Å². The highest BCUT2D eigenvalue weighted by atomic mass is 16.7. The Kier molecular flexibility index (Phi) is 7.91. The first kappa shape index (κ1) is 19.3. The number of ether oxygens (including phenoxy) is 4. The van der Waals surface area contributed by atoms with E-state index in [2.05, 4.69) is 4.74 Å². The Labute approximate surface area is 135 Å². The van der Waals surface area contributed by atoms with E-state index in [1.54, 1.807) is 13.8 Å². The van der Waals surface area contributed by atoms with E-state index in [1.807, 2.05) is 6.92 Å². The Balaban J connectivity index is 2.63. The first-order chi connectivity index (χ1) is 10.9. The number of ketones is 1. The Bertz CT molecular complexity index is 457. The van der Waals surface area contributed by atoms with E-state index in [0.717, 1.165) is 0 Å². The summed E-state index contributed by atoms with van der Waals surface area (Å²) in [5.74, 6) is -1.60. The molecule has 0 aromatic rings. The molecule has 0 unspecified atom stereocenters. The maximum Gasteiger partial charge on any atom is 0.330 e. The van der Waals surface area contributed by atoms with Gasteiger partial charge in [0, 0.05) is 18.4 Å². The average Bonchev–Trinajstić information content (AvgIpc) is 2.52. The molecule has 130 valence electrons. The number of hydrogen-bond donors (Lipinski definition) is 0. The second kappa shape index (κ2) is 9.42. The Morgan fingerprint density at radius 1 is 1.30 bits per heavy atom. The van der Waals surface area contributed by atoms with E-state index in [9.17, 15) is 14.4 Å². The molecule has 1 heterocycles. The highest BCUT2D eigenvalue weighted by molar-refractivity contribution is 5.89. The average molecular weight is 328 g/mol. The van der Waals surface area contributed by atoms with Crippen LogP contribution in [0.25, 0.3) is 0 Å². The van der Waals surface area contributed by atoms with Crippen LogP contribution in [-0.4, -0.2) is 49.9 Å². The summed E-state index contributed by atoms with van der Waals surface area (Å²) in [6.45, 7) is 5.44. The number of carbonyl (C=O) groups excluding carboxylic acids is 3. The van der Waals surface area contributed by atoms with Crippen molar-refractivity contribution in [2.75, 3.05) is 13.7 Å². The minimum absolute atomic E-state index is 0.00222. The summed E-state index contributed by atoms with van der Waals surface area (Å²) in [5, 5.41) is 0. The third kappa shape index (κ3) is 5.76. The maximum atomic E-state index is 12.4. The van der Waals surface area contributed by atoms with Crippen molar-refractivity contribution in [1.82, 2.24) is 0 Å². The number of rotatable bonds is 7. The lowest BCUT2D eigenvalue weighted by Gasteiger charge is -2.36. The van der Waals surface area contributed by atoms with E-state index in [1.165, 1.54) is 19.3 Å². The van der Waals surface area contributed by atoms with E-state index in [-0.39, 0.29) is 25.0 Å². The monoisotopic (exact) mass is 328 g/mol. The van der Waals surface area contributed by atoms with Crippen molar-refractivity contribution in [2.45, 2.75) is 52.1 Å². The van der Waals surface area contributed by atoms with E-state index >= 15 is 0 Å².